The Morgan fingerprint density at radius 2 is 2.06 bits per heavy atom. The highest BCUT2D eigenvalue weighted by Crippen LogP contribution is 2.22. The zero-order chi connectivity index (χ0) is 13.5. The van der Waals surface area contributed by atoms with Crippen molar-refractivity contribution in [3.05, 3.63) is 29.6 Å². The third kappa shape index (κ3) is 4.30. The van der Waals surface area contributed by atoms with E-state index in [0.717, 1.165) is 30.6 Å². The summed E-state index contributed by atoms with van der Waals surface area (Å²) >= 11 is 0. The molecule has 0 unspecified atom stereocenters. The molecule has 0 aliphatic carbocycles. The van der Waals surface area contributed by atoms with E-state index in [1.54, 1.807) is 6.07 Å². The first kappa shape index (κ1) is 15.0. The van der Waals surface area contributed by atoms with Gasteiger partial charge in [-0.05, 0) is 18.6 Å². The van der Waals surface area contributed by atoms with Crippen molar-refractivity contribution in [1.82, 2.24) is 5.32 Å². The first-order chi connectivity index (χ1) is 8.56. The molecule has 3 heteroatoms. The fourth-order valence-corrected chi connectivity index (χ4v) is 1.90. The van der Waals surface area contributed by atoms with E-state index in [9.17, 15) is 4.39 Å². The molecule has 18 heavy (non-hydrogen) atoms. The molecule has 0 fully saturated rings. The molecule has 1 N–H and O–H groups in total. The van der Waals surface area contributed by atoms with Crippen LogP contribution in [0.2, 0.25) is 0 Å². The van der Waals surface area contributed by atoms with E-state index in [2.05, 4.69) is 31.0 Å². The summed E-state index contributed by atoms with van der Waals surface area (Å²) in [5.74, 6) is -0.121. The smallest absolute Gasteiger partial charge is 0.129 e. The van der Waals surface area contributed by atoms with Crippen molar-refractivity contribution in [2.75, 3.05) is 18.5 Å². The van der Waals surface area contributed by atoms with Gasteiger partial charge in [-0.3, -0.25) is 0 Å². The topological polar surface area (TPSA) is 15.3 Å². The van der Waals surface area contributed by atoms with Crippen LogP contribution >= 0.6 is 0 Å². The Hall–Kier alpha value is -1.09. The molecule has 2 nitrogen and oxygen atoms in total. The highest BCUT2D eigenvalue weighted by Gasteiger charge is 2.11. The Morgan fingerprint density at radius 1 is 1.33 bits per heavy atom. The minimum Gasteiger partial charge on any atom is -0.374 e. The second kappa shape index (κ2) is 7.37. The molecule has 0 saturated heterocycles. The second-order valence-electron chi connectivity index (χ2n) is 5.05. The van der Waals surface area contributed by atoms with E-state index in [1.807, 2.05) is 13.1 Å². The minimum atomic E-state index is -0.121. The van der Waals surface area contributed by atoms with Crippen LogP contribution in [0.4, 0.5) is 10.1 Å². The first-order valence-corrected chi connectivity index (χ1v) is 6.78. The van der Waals surface area contributed by atoms with Gasteiger partial charge in [0.2, 0.25) is 0 Å². The van der Waals surface area contributed by atoms with Gasteiger partial charge in [-0.25, -0.2) is 4.39 Å². The van der Waals surface area contributed by atoms with E-state index < -0.39 is 0 Å². The largest absolute Gasteiger partial charge is 0.374 e. The van der Waals surface area contributed by atoms with Crippen molar-refractivity contribution in [3.8, 4) is 0 Å². The zero-order valence-corrected chi connectivity index (χ0v) is 12.0. The molecular weight excluding hydrogens is 227 g/mol. The monoisotopic (exact) mass is 252 g/mol. The summed E-state index contributed by atoms with van der Waals surface area (Å²) < 4.78 is 13.9. The fraction of sp³-hybridized carbons (Fsp3) is 0.600. The van der Waals surface area contributed by atoms with Crippen LogP contribution in [0.1, 0.15) is 39.2 Å². The van der Waals surface area contributed by atoms with Crippen molar-refractivity contribution < 1.29 is 4.39 Å². The summed E-state index contributed by atoms with van der Waals surface area (Å²) in [6.45, 7) is 7.86. The number of hydrogen-bond donors (Lipinski definition) is 1. The minimum absolute atomic E-state index is 0.121. The number of unbranched alkanes of at least 4 members (excludes halogenated alkanes) is 1. The number of halogens is 1. The van der Waals surface area contributed by atoms with E-state index in [-0.39, 0.29) is 5.82 Å². The van der Waals surface area contributed by atoms with Crippen LogP contribution < -0.4 is 10.2 Å². The molecule has 0 bridgehead atoms. The number of anilines is 1. The molecular formula is C15H25FN2. The maximum Gasteiger partial charge on any atom is 0.129 e. The van der Waals surface area contributed by atoms with Gasteiger partial charge >= 0.3 is 0 Å². The summed E-state index contributed by atoms with van der Waals surface area (Å²) in [5, 5.41) is 3.29. The molecule has 0 saturated carbocycles. The van der Waals surface area contributed by atoms with Crippen LogP contribution in [-0.4, -0.2) is 19.6 Å². The number of nitrogens with zero attached hydrogens (tertiary/aromatic N) is 1. The normalized spacial score (nSPS) is 11.0. The summed E-state index contributed by atoms with van der Waals surface area (Å²) in [4.78, 5) is 2.14. The molecule has 0 spiro atoms. The SMILES string of the molecule is CCCCN(C)c1cccc(F)c1CNC(C)C. The molecule has 0 aliphatic heterocycles. The summed E-state index contributed by atoms with van der Waals surface area (Å²) in [7, 11) is 2.03. The molecule has 0 aliphatic rings. The highest BCUT2D eigenvalue weighted by atomic mass is 19.1. The van der Waals surface area contributed by atoms with Crippen LogP contribution in [0.3, 0.4) is 0 Å². The van der Waals surface area contributed by atoms with E-state index >= 15 is 0 Å². The first-order valence-electron chi connectivity index (χ1n) is 6.78. The predicted molar refractivity (Wildman–Crippen MR) is 76.6 cm³/mol. The number of benzene rings is 1. The zero-order valence-electron chi connectivity index (χ0n) is 12.0. The van der Waals surface area contributed by atoms with Gasteiger partial charge in [0.25, 0.3) is 0 Å². The number of rotatable bonds is 7. The lowest BCUT2D eigenvalue weighted by molar-refractivity contribution is 0.552. The van der Waals surface area contributed by atoms with Gasteiger partial charge in [-0.15, -0.1) is 0 Å². The standard InChI is InChI=1S/C15H25FN2/c1-5-6-10-18(4)15-9-7-8-14(16)13(15)11-17-12(2)3/h7-9,12,17H,5-6,10-11H2,1-4H3. The Morgan fingerprint density at radius 3 is 2.67 bits per heavy atom. The molecule has 0 aromatic heterocycles. The van der Waals surface area contributed by atoms with Gasteiger partial charge in [0, 0.05) is 37.4 Å². The molecule has 102 valence electrons. The Labute approximate surface area is 110 Å². The summed E-state index contributed by atoms with van der Waals surface area (Å²) in [5.41, 5.74) is 1.77. The Bertz CT molecular complexity index is 364. The fourth-order valence-electron chi connectivity index (χ4n) is 1.90. The average Bonchev–Trinajstić information content (AvgIpc) is 2.34. The lowest BCUT2D eigenvalue weighted by atomic mass is 10.1. The lowest BCUT2D eigenvalue weighted by Crippen LogP contribution is -2.26. The molecule has 1 aromatic rings. The number of hydrogen-bond acceptors (Lipinski definition) is 2. The van der Waals surface area contributed by atoms with Crippen molar-refractivity contribution in [2.45, 2.75) is 46.2 Å². The van der Waals surface area contributed by atoms with Crippen molar-refractivity contribution in [3.63, 3.8) is 0 Å². The van der Waals surface area contributed by atoms with Gasteiger partial charge in [0.1, 0.15) is 5.82 Å². The van der Waals surface area contributed by atoms with E-state index in [4.69, 9.17) is 0 Å². The van der Waals surface area contributed by atoms with Gasteiger partial charge in [-0.1, -0.05) is 33.3 Å². The molecule has 0 heterocycles. The summed E-state index contributed by atoms with van der Waals surface area (Å²) in [6, 6.07) is 5.68. The third-order valence-electron chi connectivity index (χ3n) is 3.04. The molecule has 0 radical (unpaired) electrons. The van der Waals surface area contributed by atoms with Crippen LogP contribution in [0.5, 0.6) is 0 Å². The van der Waals surface area contributed by atoms with Crippen molar-refractivity contribution >= 4 is 5.69 Å². The number of nitrogens with one attached hydrogen (secondary N) is 1. The van der Waals surface area contributed by atoms with Gasteiger partial charge in [-0.2, -0.15) is 0 Å². The Balaban J connectivity index is 2.85. The highest BCUT2D eigenvalue weighted by molar-refractivity contribution is 5.53. The quantitative estimate of drug-likeness (QED) is 0.798. The van der Waals surface area contributed by atoms with Crippen LogP contribution in [0, 0.1) is 5.82 Å². The van der Waals surface area contributed by atoms with Crippen LogP contribution in [0.25, 0.3) is 0 Å². The van der Waals surface area contributed by atoms with Gasteiger partial charge in [0.15, 0.2) is 0 Å². The molecule has 1 rings (SSSR count). The van der Waals surface area contributed by atoms with E-state index in [0.29, 0.717) is 12.6 Å². The third-order valence-corrected chi connectivity index (χ3v) is 3.04. The van der Waals surface area contributed by atoms with E-state index in [1.165, 1.54) is 6.07 Å². The predicted octanol–water partition coefficient (Wildman–Crippen LogP) is 3.56. The average molecular weight is 252 g/mol. The van der Waals surface area contributed by atoms with Gasteiger partial charge in [0.05, 0.1) is 0 Å². The maximum atomic E-state index is 13.9. The van der Waals surface area contributed by atoms with Gasteiger partial charge < -0.3 is 10.2 Å². The molecule has 0 atom stereocenters. The Kier molecular flexibility index (Phi) is 6.13. The van der Waals surface area contributed by atoms with Crippen LogP contribution in [0.15, 0.2) is 18.2 Å². The lowest BCUT2D eigenvalue weighted by Gasteiger charge is -2.23. The van der Waals surface area contributed by atoms with Crippen molar-refractivity contribution in [2.24, 2.45) is 0 Å². The second-order valence-corrected chi connectivity index (χ2v) is 5.05. The summed E-state index contributed by atoms with van der Waals surface area (Å²) in [6.07, 6.45) is 2.28. The van der Waals surface area contributed by atoms with Crippen LogP contribution in [-0.2, 0) is 6.54 Å². The maximum absolute atomic E-state index is 13.9. The molecule has 0 amide bonds. The molecule has 1 aromatic carbocycles. The van der Waals surface area contributed by atoms with Crippen molar-refractivity contribution in [1.29, 1.82) is 0 Å².